The Bertz CT molecular complexity index is 643. The first-order valence-electron chi connectivity index (χ1n) is 9.21. The maximum absolute atomic E-state index is 12.1. The fourth-order valence-corrected chi connectivity index (χ4v) is 2.09. The molecule has 6 nitrogen and oxygen atoms in total. The third-order valence-electron chi connectivity index (χ3n) is 3.32. The standard InChI is InChI=1S/C21H32N2O4/c1-7-14-26-17-11-8-16(9-12-17)10-13-18(24)23-21(5,6)15-22-19(25)27-20(2,3)4/h8-13H,7,14-15H2,1-6H3,(H,22,25)(H,23,24). The van der Waals surface area contributed by atoms with Crippen LogP contribution in [0.25, 0.3) is 6.08 Å². The molecule has 2 N–H and O–H groups in total. The number of hydrogen-bond acceptors (Lipinski definition) is 4. The number of alkyl carbamates (subject to hydrolysis) is 1. The molecule has 0 aliphatic heterocycles. The second-order valence-electron chi connectivity index (χ2n) is 7.98. The highest BCUT2D eigenvalue weighted by molar-refractivity contribution is 5.92. The lowest BCUT2D eigenvalue weighted by molar-refractivity contribution is -0.117. The van der Waals surface area contributed by atoms with Crippen LogP contribution in [-0.2, 0) is 9.53 Å². The van der Waals surface area contributed by atoms with Crippen LogP contribution in [0.5, 0.6) is 5.75 Å². The van der Waals surface area contributed by atoms with Crippen molar-refractivity contribution in [2.24, 2.45) is 0 Å². The molecule has 0 radical (unpaired) electrons. The zero-order chi connectivity index (χ0) is 20.5. The van der Waals surface area contributed by atoms with Crippen molar-refractivity contribution in [1.29, 1.82) is 0 Å². The average molecular weight is 376 g/mol. The van der Waals surface area contributed by atoms with Gasteiger partial charge in [-0.25, -0.2) is 4.79 Å². The van der Waals surface area contributed by atoms with Gasteiger partial charge in [-0.15, -0.1) is 0 Å². The number of carbonyl (C=O) groups excluding carboxylic acids is 2. The Morgan fingerprint density at radius 2 is 1.70 bits per heavy atom. The van der Waals surface area contributed by atoms with E-state index in [0.29, 0.717) is 6.61 Å². The number of amides is 2. The minimum Gasteiger partial charge on any atom is -0.494 e. The largest absolute Gasteiger partial charge is 0.494 e. The fourth-order valence-electron chi connectivity index (χ4n) is 2.09. The van der Waals surface area contributed by atoms with Gasteiger partial charge in [0.15, 0.2) is 0 Å². The molecule has 0 fully saturated rings. The molecule has 0 aliphatic carbocycles. The molecule has 150 valence electrons. The Kier molecular flexibility index (Phi) is 8.34. The summed E-state index contributed by atoms with van der Waals surface area (Å²) in [7, 11) is 0. The summed E-state index contributed by atoms with van der Waals surface area (Å²) in [5.41, 5.74) is -0.272. The zero-order valence-corrected chi connectivity index (χ0v) is 17.2. The number of benzene rings is 1. The molecular formula is C21H32N2O4. The van der Waals surface area contributed by atoms with Gasteiger partial charge in [-0.05, 0) is 64.8 Å². The molecule has 1 rings (SSSR count). The highest BCUT2D eigenvalue weighted by atomic mass is 16.6. The van der Waals surface area contributed by atoms with Gasteiger partial charge in [-0.2, -0.15) is 0 Å². The number of rotatable bonds is 8. The van der Waals surface area contributed by atoms with Gasteiger partial charge in [0.05, 0.1) is 12.1 Å². The molecule has 1 aromatic rings. The molecule has 0 atom stereocenters. The third-order valence-corrected chi connectivity index (χ3v) is 3.32. The van der Waals surface area contributed by atoms with E-state index in [9.17, 15) is 9.59 Å². The lowest BCUT2D eigenvalue weighted by Gasteiger charge is -2.27. The summed E-state index contributed by atoms with van der Waals surface area (Å²) in [6.07, 6.45) is 3.65. The Morgan fingerprint density at radius 3 is 2.26 bits per heavy atom. The first-order valence-corrected chi connectivity index (χ1v) is 9.21. The highest BCUT2D eigenvalue weighted by Crippen LogP contribution is 2.13. The quantitative estimate of drug-likeness (QED) is 0.675. The summed E-state index contributed by atoms with van der Waals surface area (Å²) in [5, 5.41) is 5.53. The van der Waals surface area contributed by atoms with E-state index in [4.69, 9.17) is 9.47 Å². The van der Waals surface area contributed by atoms with E-state index in [1.165, 1.54) is 6.08 Å². The van der Waals surface area contributed by atoms with Crippen LogP contribution in [0.15, 0.2) is 30.3 Å². The number of hydrogen-bond donors (Lipinski definition) is 2. The van der Waals surface area contributed by atoms with Crippen molar-refractivity contribution >= 4 is 18.1 Å². The van der Waals surface area contributed by atoms with Crippen molar-refractivity contribution in [2.75, 3.05) is 13.2 Å². The third kappa shape index (κ3) is 10.3. The Labute approximate surface area is 162 Å². The lowest BCUT2D eigenvalue weighted by atomic mass is 10.1. The average Bonchev–Trinajstić information content (AvgIpc) is 2.55. The molecule has 6 heteroatoms. The summed E-state index contributed by atoms with van der Waals surface area (Å²) in [5.74, 6) is 0.574. The molecule has 0 bridgehead atoms. The van der Waals surface area contributed by atoms with Gasteiger partial charge >= 0.3 is 6.09 Å². The van der Waals surface area contributed by atoms with E-state index < -0.39 is 17.2 Å². The number of carbonyl (C=O) groups is 2. The second-order valence-corrected chi connectivity index (χ2v) is 7.98. The van der Waals surface area contributed by atoms with Crippen LogP contribution in [0.4, 0.5) is 4.79 Å². The van der Waals surface area contributed by atoms with Gasteiger partial charge < -0.3 is 20.1 Å². The summed E-state index contributed by atoms with van der Waals surface area (Å²) >= 11 is 0. The van der Waals surface area contributed by atoms with Crippen molar-refractivity contribution in [2.45, 2.75) is 59.1 Å². The summed E-state index contributed by atoms with van der Waals surface area (Å²) < 4.78 is 10.7. The van der Waals surface area contributed by atoms with Gasteiger partial charge in [0.1, 0.15) is 11.4 Å². The van der Waals surface area contributed by atoms with E-state index in [2.05, 4.69) is 17.6 Å². The SMILES string of the molecule is CCCOc1ccc(C=CC(=O)NC(C)(C)CNC(=O)OC(C)(C)C)cc1. The van der Waals surface area contributed by atoms with Gasteiger partial charge in [-0.3, -0.25) is 4.79 Å². The Hall–Kier alpha value is -2.50. The van der Waals surface area contributed by atoms with Crippen LogP contribution in [0, 0.1) is 0 Å². The van der Waals surface area contributed by atoms with Crippen LogP contribution in [0.2, 0.25) is 0 Å². The number of ether oxygens (including phenoxy) is 2. The molecule has 0 aromatic heterocycles. The van der Waals surface area contributed by atoms with Crippen molar-refractivity contribution < 1.29 is 19.1 Å². The number of nitrogens with one attached hydrogen (secondary N) is 2. The zero-order valence-electron chi connectivity index (χ0n) is 17.2. The minimum atomic E-state index is -0.615. The molecule has 1 aromatic carbocycles. The van der Waals surface area contributed by atoms with Gasteiger partial charge in [0.2, 0.25) is 5.91 Å². The predicted molar refractivity (Wildman–Crippen MR) is 108 cm³/mol. The summed E-state index contributed by atoms with van der Waals surface area (Å²) in [6, 6.07) is 7.54. The van der Waals surface area contributed by atoms with Crippen LogP contribution >= 0.6 is 0 Å². The maximum Gasteiger partial charge on any atom is 0.407 e. The monoisotopic (exact) mass is 376 g/mol. The smallest absolute Gasteiger partial charge is 0.407 e. The van der Waals surface area contributed by atoms with Crippen molar-refractivity contribution in [3.63, 3.8) is 0 Å². The van der Waals surface area contributed by atoms with Crippen molar-refractivity contribution in [1.82, 2.24) is 10.6 Å². The first-order chi connectivity index (χ1) is 12.5. The molecule has 0 spiro atoms. The van der Waals surface area contributed by atoms with Crippen LogP contribution in [0.1, 0.15) is 53.5 Å². The Balaban J connectivity index is 2.49. The first kappa shape index (κ1) is 22.5. The molecule has 0 heterocycles. The van der Waals surface area contributed by atoms with Crippen molar-refractivity contribution in [3.8, 4) is 5.75 Å². The minimum absolute atomic E-state index is 0.239. The van der Waals surface area contributed by atoms with Crippen LogP contribution in [0.3, 0.4) is 0 Å². The van der Waals surface area contributed by atoms with Crippen LogP contribution < -0.4 is 15.4 Å². The van der Waals surface area contributed by atoms with Crippen LogP contribution in [-0.4, -0.2) is 36.3 Å². The molecule has 0 unspecified atom stereocenters. The lowest BCUT2D eigenvalue weighted by Crippen LogP contribution is -2.51. The maximum atomic E-state index is 12.1. The normalized spacial score (nSPS) is 11.9. The molecule has 27 heavy (non-hydrogen) atoms. The predicted octanol–water partition coefficient (Wildman–Crippen LogP) is 3.91. The fraction of sp³-hybridized carbons (Fsp3) is 0.524. The van der Waals surface area contributed by atoms with E-state index in [0.717, 1.165) is 17.7 Å². The molecular weight excluding hydrogens is 344 g/mol. The highest BCUT2D eigenvalue weighted by Gasteiger charge is 2.22. The van der Waals surface area contributed by atoms with E-state index in [1.807, 2.05) is 38.1 Å². The van der Waals surface area contributed by atoms with Crippen molar-refractivity contribution in [3.05, 3.63) is 35.9 Å². The van der Waals surface area contributed by atoms with Gasteiger partial charge in [0.25, 0.3) is 0 Å². The second kappa shape index (κ2) is 10.00. The molecule has 2 amide bonds. The van der Waals surface area contributed by atoms with Gasteiger partial charge in [-0.1, -0.05) is 19.1 Å². The topological polar surface area (TPSA) is 76.7 Å². The summed E-state index contributed by atoms with van der Waals surface area (Å²) in [4.78, 5) is 23.9. The molecule has 0 aliphatic rings. The van der Waals surface area contributed by atoms with E-state index in [1.54, 1.807) is 26.8 Å². The van der Waals surface area contributed by atoms with E-state index >= 15 is 0 Å². The van der Waals surface area contributed by atoms with E-state index in [-0.39, 0.29) is 12.5 Å². The molecule has 0 saturated carbocycles. The van der Waals surface area contributed by atoms with Gasteiger partial charge in [0, 0.05) is 12.6 Å². The molecule has 0 saturated heterocycles. The Morgan fingerprint density at radius 1 is 1.07 bits per heavy atom. The summed E-state index contributed by atoms with van der Waals surface area (Å²) in [6.45, 7) is 12.0.